The molecule has 3 heteroatoms. The highest BCUT2D eigenvalue weighted by Crippen LogP contribution is 2.32. The molecule has 2 nitrogen and oxygen atoms in total. The van der Waals surface area contributed by atoms with Crippen molar-refractivity contribution in [3.05, 3.63) is 29.6 Å². The number of hydrogen-bond acceptors (Lipinski definition) is 2. The van der Waals surface area contributed by atoms with Gasteiger partial charge >= 0.3 is 0 Å². The van der Waals surface area contributed by atoms with E-state index in [1.165, 1.54) is 32.1 Å². The van der Waals surface area contributed by atoms with Gasteiger partial charge in [-0.15, -0.1) is 0 Å². The monoisotopic (exact) mass is 262 g/mol. The number of aryl methyl sites for hydroxylation is 1. The first-order valence-electron chi connectivity index (χ1n) is 7.45. The number of nitrogens with zero attached hydrogens (tertiary/aromatic N) is 1. The van der Waals surface area contributed by atoms with E-state index >= 15 is 0 Å². The van der Waals surface area contributed by atoms with Gasteiger partial charge in [0.15, 0.2) is 0 Å². The minimum Gasteiger partial charge on any atom is -0.368 e. The number of rotatable bonds is 1. The average molecular weight is 262 g/mol. The molecule has 1 saturated heterocycles. The molecule has 1 aromatic rings. The van der Waals surface area contributed by atoms with Crippen LogP contribution in [-0.4, -0.2) is 25.2 Å². The van der Waals surface area contributed by atoms with Crippen LogP contribution in [0.4, 0.5) is 10.1 Å². The molecule has 1 aliphatic heterocycles. The van der Waals surface area contributed by atoms with Crippen LogP contribution in [0.5, 0.6) is 0 Å². The van der Waals surface area contributed by atoms with Crippen LogP contribution >= 0.6 is 0 Å². The highest BCUT2D eigenvalue weighted by Gasteiger charge is 2.36. The summed E-state index contributed by atoms with van der Waals surface area (Å²) in [5.41, 5.74) is 2.04. The van der Waals surface area contributed by atoms with Gasteiger partial charge < -0.3 is 10.2 Å². The van der Waals surface area contributed by atoms with Crippen molar-refractivity contribution in [2.75, 3.05) is 24.5 Å². The van der Waals surface area contributed by atoms with Crippen LogP contribution in [-0.2, 0) is 0 Å². The third-order valence-electron chi connectivity index (χ3n) is 4.71. The van der Waals surface area contributed by atoms with Gasteiger partial charge in [-0.1, -0.05) is 25.3 Å². The van der Waals surface area contributed by atoms with Gasteiger partial charge in [0.2, 0.25) is 0 Å². The number of benzene rings is 1. The summed E-state index contributed by atoms with van der Waals surface area (Å²) in [6.07, 6.45) is 6.53. The largest absolute Gasteiger partial charge is 0.368 e. The van der Waals surface area contributed by atoms with E-state index in [-0.39, 0.29) is 11.4 Å². The van der Waals surface area contributed by atoms with Gasteiger partial charge in [-0.05, 0) is 37.5 Å². The summed E-state index contributed by atoms with van der Waals surface area (Å²) in [5.74, 6) is -0.0891. The summed E-state index contributed by atoms with van der Waals surface area (Å²) in [4.78, 5) is 2.35. The molecular formula is C16H23FN2. The number of halogens is 1. The summed E-state index contributed by atoms with van der Waals surface area (Å²) < 4.78 is 13.7. The molecular weight excluding hydrogens is 239 g/mol. The van der Waals surface area contributed by atoms with Crippen molar-refractivity contribution < 1.29 is 4.39 Å². The summed E-state index contributed by atoms with van der Waals surface area (Å²) in [6, 6.07) is 5.64. The fourth-order valence-corrected chi connectivity index (χ4v) is 3.52. The second-order valence-corrected chi connectivity index (χ2v) is 6.12. The van der Waals surface area contributed by atoms with Crippen molar-refractivity contribution in [2.24, 2.45) is 0 Å². The van der Waals surface area contributed by atoms with E-state index in [2.05, 4.69) is 16.3 Å². The normalized spacial score (nSPS) is 22.7. The van der Waals surface area contributed by atoms with Crippen LogP contribution in [0.3, 0.4) is 0 Å². The zero-order valence-electron chi connectivity index (χ0n) is 11.7. The van der Waals surface area contributed by atoms with Crippen molar-refractivity contribution in [3.8, 4) is 0 Å². The summed E-state index contributed by atoms with van der Waals surface area (Å²) in [6.45, 7) is 4.83. The Labute approximate surface area is 115 Å². The van der Waals surface area contributed by atoms with Gasteiger partial charge in [-0.3, -0.25) is 0 Å². The lowest BCUT2D eigenvalue weighted by Crippen LogP contribution is -2.61. The van der Waals surface area contributed by atoms with Crippen molar-refractivity contribution >= 4 is 5.69 Å². The van der Waals surface area contributed by atoms with E-state index in [1.807, 2.05) is 13.0 Å². The van der Waals surface area contributed by atoms with E-state index in [4.69, 9.17) is 0 Å². The maximum absolute atomic E-state index is 13.7. The Hall–Kier alpha value is -1.09. The Morgan fingerprint density at radius 1 is 1.21 bits per heavy atom. The van der Waals surface area contributed by atoms with Crippen molar-refractivity contribution in [1.29, 1.82) is 0 Å². The maximum atomic E-state index is 13.7. The van der Waals surface area contributed by atoms with Gasteiger partial charge in [0, 0.05) is 30.9 Å². The first-order chi connectivity index (χ1) is 9.19. The molecule has 0 atom stereocenters. The predicted molar refractivity (Wildman–Crippen MR) is 77.2 cm³/mol. The minimum absolute atomic E-state index is 0.0891. The molecule has 0 amide bonds. The molecule has 19 heavy (non-hydrogen) atoms. The Bertz CT molecular complexity index is 447. The van der Waals surface area contributed by atoms with Crippen LogP contribution in [0.2, 0.25) is 0 Å². The molecule has 1 aromatic carbocycles. The highest BCUT2D eigenvalue weighted by atomic mass is 19.1. The van der Waals surface area contributed by atoms with Gasteiger partial charge in [0.25, 0.3) is 0 Å². The molecule has 0 unspecified atom stereocenters. The van der Waals surface area contributed by atoms with E-state index in [0.717, 1.165) is 30.9 Å². The van der Waals surface area contributed by atoms with Crippen LogP contribution in [0.25, 0.3) is 0 Å². The fraction of sp³-hybridized carbons (Fsp3) is 0.625. The third kappa shape index (κ3) is 2.62. The zero-order valence-corrected chi connectivity index (χ0v) is 11.7. The van der Waals surface area contributed by atoms with Gasteiger partial charge in [0.1, 0.15) is 5.82 Å². The number of anilines is 1. The smallest absolute Gasteiger partial charge is 0.128 e. The molecule has 2 aliphatic rings. The molecule has 1 spiro atoms. The van der Waals surface area contributed by atoms with Crippen LogP contribution in [0, 0.1) is 12.7 Å². The van der Waals surface area contributed by atoms with E-state index in [0.29, 0.717) is 0 Å². The number of piperazine rings is 1. The minimum atomic E-state index is -0.0891. The van der Waals surface area contributed by atoms with E-state index < -0.39 is 0 Å². The summed E-state index contributed by atoms with van der Waals surface area (Å²) >= 11 is 0. The zero-order chi connectivity index (χ0) is 13.3. The average Bonchev–Trinajstić information content (AvgIpc) is 2.43. The molecule has 104 valence electrons. The Morgan fingerprint density at radius 3 is 2.74 bits per heavy atom. The second-order valence-electron chi connectivity index (χ2n) is 6.12. The summed E-state index contributed by atoms with van der Waals surface area (Å²) in [7, 11) is 0. The quantitative estimate of drug-likeness (QED) is 0.836. The van der Waals surface area contributed by atoms with Gasteiger partial charge in [0.05, 0.1) is 0 Å². The lowest BCUT2D eigenvalue weighted by atomic mass is 9.80. The molecule has 1 aliphatic carbocycles. The topological polar surface area (TPSA) is 15.3 Å². The predicted octanol–water partition coefficient (Wildman–Crippen LogP) is 3.25. The van der Waals surface area contributed by atoms with E-state index in [9.17, 15) is 4.39 Å². The van der Waals surface area contributed by atoms with Crippen molar-refractivity contribution in [3.63, 3.8) is 0 Å². The molecule has 1 saturated carbocycles. The SMILES string of the molecule is Cc1ccc(N2CCNC3(CCCCC3)C2)cc1F. The Kier molecular flexibility index (Phi) is 3.48. The van der Waals surface area contributed by atoms with Crippen LogP contribution < -0.4 is 10.2 Å². The Balaban J connectivity index is 1.78. The van der Waals surface area contributed by atoms with Gasteiger partial charge in [-0.25, -0.2) is 4.39 Å². The molecule has 0 bridgehead atoms. The maximum Gasteiger partial charge on any atom is 0.128 e. The van der Waals surface area contributed by atoms with E-state index in [1.54, 1.807) is 6.07 Å². The lowest BCUT2D eigenvalue weighted by Gasteiger charge is -2.47. The number of hydrogen-bond donors (Lipinski definition) is 1. The lowest BCUT2D eigenvalue weighted by molar-refractivity contribution is 0.216. The first-order valence-corrected chi connectivity index (χ1v) is 7.45. The van der Waals surface area contributed by atoms with Crippen molar-refractivity contribution in [2.45, 2.75) is 44.6 Å². The molecule has 1 N–H and O–H groups in total. The molecule has 0 radical (unpaired) electrons. The van der Waals surface area contributed by atoms with Gasteiger partial charge in [-0.2, -0.15) is 0 Å². The Morgan fingerprint density at radius 2 is 2.00 bits per heavy atom. The summed E-state index contributed by atoms with van der Waals surface area (Å²) in [5, 5.41) is 3.72. The van der Waals surface area contributed by atoms with Crippen LogP contribution in [0.15, 0.2) is 18.2 Å². The molecule has 2 fully saturated rings. The standard InChI is InChI=1S/C16H23FN2/c1-13-5-6-14(11-15(13)17)19-10-9-18-16(12-19)7-3-2-4-8-16/h5-6,11,18H,2-4,7-10,12H2,1H3. The second kappa shape index (κ2) is 5.12. The fourth-order valence-electron chi connectivity index (χ4n) is 3.52. The van der Waals surface area contributed by atoms with Crippen LogP contribution in [0.1, 0.15) is 37.7 Å². The third-order valence-corrected chi connectivity index (χ3v) is 4.71. The first kappa shape index (κ1) is 12.9. The van der Waals surface area contributed by atoms with Crippen molar-refractivity contribution in [1.82, 2.24) is 5.32 Å². The molecule has 3 rings (SSSR count). The number of nitrogens with one attached hydrogen (secondary N) is 1. The molecule has 1 heterocycles. The molecule has 0 aromatic heterocycles. The highest BCUT2D eigenvalue weighted by molar-refractivity contribution is 5.49.